The van der Waals surface area contributed by atoms with Crippen molar-refractivity contribution in [2.45, 2.75) is 32.5 Å². The molecule has 0 bridgehead atoms. The van der Waals surface area contributed by atoms with Gasteiger partial charge in [-0.3, -0.25) is 9.67 Å². The molecular formula is C15H21F3N6S. The minimum absolute atomic E-state index is 0.415. The van der Waals surface area contributed by atoms with Gasteiger partial charge >= 0.3 is 6.18 Å². The second-order valence-electron chi connectivity index (χ2n) is 5.18. The largest absolute Gasteiger partial charge is 0.434 e. The van der Waals surface area contributed by atoms with Gasteiger partial charge in [-0.15, -0.1) is 11.3 Å². The fraction of sp³-hybridized carbons (Fsp3) is 0.533. The maximum Gasteiger partial charge on any atom is 0.434 e. The van der Waals surface area contributed by atoms with Crippen LogP contribution in [0.5, 0.6) is 0 Å². The quantitative estimate of drug-likeness (QED) is 0.423. The second-order valence-corrected chi connectivity index (χ2v) is 6.13. The van der Waals surface area contributed by atoms with E-state index in [1.165, 1.54) is 0 Å². The van der Waals surface area contributed by atoms with Crippen LogP contribution in [0, 0.1) is 0 Å². The third-order valence-electron chi connectivity index (χ3n) is 3.19. The highest BCUT2D eigenvalue weighted by Gasteiger charge is 2.33. The lowest BCUT2D eigenvalue weighted by molar-refractivity contribution is -0.140. The van der Waals surface area contributed by atoms with Crippen LogP contribution in [0.3, 0.4) is 0 Å². The highest BCUT2D eigenvalue weighted by molar-refractivity contribution is 7.09. The molecule has 0 aliphatic heterocycles. The Morgan fingerprint density at radius 3 is 2.84 bits per heavy atom. The molecule has 2 aromatic rings. The normalized spacial score (nSPS) is 12.4. The number of aliphatic imine (C=N–C) groups is 1. The molecule has 2 heterocycles. The number of aromatic nitrogens is 3. The minimum atomic E-state index is -4.38. The van der Waals surface area contributed by atoms with Crippen LogP contribution in [0.2, 0.25) is 0 Å². The third-order valence-corrected chi connectivity index (χ3v) is 4.10. The zero-order valence-corrected chi connectivity index (χ0v) is 14.7. The predicted octanol–water partition coefficient (Wildman–Crippen LogP) is 2.55. The molecule has 0 aliphatic carbocycles. The van der Waals surface area contributed by atoms with Crippen LogP contribution >= 0.6 is 11.3 Å². The summed E-state index contributed by atoms with van der Waals surface area (Å²) in [5, 5.41) is 11.8. The number of guanidine groups is 1. The summed E-state index contributed by atoms with van der Waals surface area (Å²) in [6.07, 6.45) is 0.513. The molecule has 2 rings (SSSR count). The van der Waals surface area contributed by atoms with Gasteiger partial charge in [0.15, 0.2) is 11.7 Å². The SMILES string of the molecule is CCNC(=NCCCn1cccn1)NCCc1nc(C(F)(F)F)cs1. The Labute approximate surface area is 148 Å². The molecule has 0 aliphatic rings. The molecular weight excluding hydrogens is 353 g/mol. The molecule has 0 unspecified atom stereocenters. The summed E-state index contributed by atoms with van der Waals surface area (Å²) in [6.45, 7) is 4.55. The summed E-state index contributed by atoms with van der Waals surface area (Å²) in [5.74, 6) is 0.649. The number of nitrogens with one attached hydrogen (secondary N) is 2. The van der Waals surface area contributed by atoms with E-state index in [1.54, 1.807) is 6.20 Å². The van der Waals surface area contributed by atoms with Crippen LogP contribution in [0.4, 0.5) is 13.2 Å². The van der Waals surface area contributed by atoms with Crippen molar-refractivity contribution < 1.29 is 13.2 Å². The maximum absolute atomic E-state index is 12.5. The Morgan fingerprint density at radius 2 is 2.20 bits per heavy atom. The first-order valence-corrected chi connectivity index (χ1v) is 8.88. The van der Waals surface area contributed by atoms with E-state index in [9.17, 15) is 13.2 Å². The van der Waals surface area contributed by atoms with Gasteiger partial charge in [-0.2, -0.15) is 18.3 Å². The molecule has 138 valence electrons. The van der Waals surface area contributed by atoms with Crippen molar-refractivity contribution in [2.24, 2.45) is 4.99 Å². The summed E-state index contributed by atoms with van der Waals surface area (Å²) < 4.78 is 39.4. The van der Waals surface area contributed by atoms with Crippen LogP contribution in [-0.2, 0) is 19.1 Å². The van der Waals surface area contributed by atoms with Gasteiger partial charge in [0.05, 0.1) is 5.01 Å². The fourth-order valence-electron chi connectivity index (χ4n) is 2.04. The number of thiazole rings is 1. The summed E-state index contributed by atoms with van der Waals surface area (Å²) in [7, 11) is 0. The number of hydrogen-bond acceptors (Lipinski definition) is 4. The van der Waals surface area contributed by atoms with Gasteiger partial charge in [0.1, 0.15) is 0 Å². The van der Waals surface area contributed by atoms with Crippen molar-refractivity contribution in [1.82, 2.24) is 25.4 Å². The van der Waals surface area contributed by atoms with Crippen molar-refractivity contribution >= 4 is 17.3 Å². The summed E-state index contributed by atoms with van der Waals surface area (Å²) in [4.78, 5) is 8.06. The number of rotatable bonds is 8. The average Bonchev–Trinajstić information content (AvgIpc) is 3.22. The van der Waals surface area contributed by atoms with E-state index in [0.717, 1.165) is 29.7 Å². The molecule has 25 heavy (non-hydrogen) atoms. The number of nitrogens with zero attached hydrogens (tertiary/aromatic N) is 4. The first-order chi connectivity index (χ1) is 12.0. The van der Waals surface area contributed by atoms with Crippen LogP contribution in [0.15, 0.2) is 28.8 Å². The molecule has 2 N–H and O–H groups in total. The van der Waals surface area contributed by atoms with E-state index < -0.39 is 11.9 Å². The van der Waals surface area contributed by atoms with Gasteiger partial charge in [0, 0.05) is 50.4 Å². The Morgan fingerprint density at radius 1 is 1.36 bits per heavy atom. The lowest BCUT2D eigenvalue weighted by Gasteiger charge is -2.10. The monoisotopic (exact) mass is 374 g/mol. The molecule has 0 fully saturated rings. The molecule has 2 aromatic heterocycles. The van der Waals surface area contributed by atoms with Gasteiger partial charge in [0.2, 0.25) is 0 Å². The molecule has 0 atom stereocenters. The molecule has 6 nitrogen and oxygen atoms in total. The topological polar surface area (TPSA) is 67.1 Å². The maximum atomic E-state index is 12.5. The Balaban J connectivity index is 1.74. The molecule has 0 radical (unpaired) electrons. The van der Waals surface area contributed by atoms with Crippen LogP contribution in [0.25, 0.3) is 0 Å². The van der Waals surface area contributed by atoms with E-state index >= 15 is 0 Å². The zero-order chi connectivity index (χ0) is 18.1. The highest BCUT2D eigenvalue weighted by atomic mass is 32.1. The summed E-state index contributed by atoms with van der Waals surface area (Å²) in [5.41, 5.74) is -0.827. The van der Waals surface area contributed by atoms with Crippen molar-refractivity contribution in [3.8, 4) is 0 Å². The fourth-order valence-corrected chi connectivity index (χ4v) is 2.85. The number of aryl methyl sites for hydroxylation is 1. The standard InChI is InChI=1S/C15H21F3N6S/c1-2-19-14(20-6-3-9-24-10-4-7-22-24)21-8-5-13-23-12(11-25-13)15(16,17)18/h4,7,10-11H,2-3,5-6,8-9H2,1H3,(H2,19,20,21). The smallest absolute Gasteiger partial charge is 0.357 e. The lowest BCUT2D eigenvalue weighted by atomic mass is 10.4. The third kappa shape index (κ3) is 6.73. The Kier molecular flexibility index (Phi) is 7.23. The molecule has 10 heteroatoms. The van der Waals surface area contributed by atoms with E-state index in [4.69, 9.17) is 0 Å². The Hall–Kier alpha value is -2.10. The van der Waals surface area contributed by atoms with Gasteiger partial charge in [-0.25, -0.2) is 4.98 Å². The number of alkyl halides is 3. The van der Waals surface area contributed by atoms with E-state index in [-0.39, 0.29) is 0 Å². The molecule has 0 spiro atoms. The number of hydrogen-bond donors (Lipinski definition) is 2. The first kappa shape index (κ1) is 19.2. The summed E-state index contributed by atoms with van der Waals surface area (Å²) in [6, 6.07) is 1.87. The van der Waals surface area contributed by atoms with Gasteiger partial charge in [0.25, 0.3) is 0 Å². The van der Waals surface area contributed by atoms with Gasteiger partial charge in [-0.1, -0.05) is 0 Å². The van der Waals surface area contributed by atoms with E-state index in [1.807, 2.05) is 23.9 Å². The first-order valence-electron chi connectivity index (χ1n) is 8.00. The lowest BCUT2D eigenvalue weighted by Crippen LogP contribution is -2.38. The Bertz CT molecular complexity index is 651. The van der Waals surface area contributed by atoms with Crippen molar-refractivity contribution in [1.29, 1.82) is 0 Å². The minimum Gasteiger partial charge on any atom is -0.357 e. The second kappa shape index (κ2) is 9.40. The van der Waals surface area contributed by atoms with Crippen molar-refractivity contribution in [2.75, 3.05) is 19.6 Å². The van der Waals surface area contributed by atoms with E-state index in [0.29, 0.717) is 37.0 Å². The van der Waals surface area contributed by atoms with Crippen LogP contribution in [0.1, 0.15) is 24.0 Å². The predicted molar refractivity (Wildman–Crippen MR) is 91.6 cm³/mol. The highest BCUT2D eigenvalue weighted by Crippen LogP contribution is 2.29. The average molecular weight is 374 g/mol. The molecule has 0 saturated heterocycles. The van der Waals surface area contributed by atoms with Crippen LogP contribution < -0.4 is 10.6 Å². The number of halogens is 3. The van der Waals surface area contributed by atoms with Gasteiger partial charge in [-0.05, 0) is 19.4 Å². The van der Waals surface area contributed by atoms with E-state index in [2.05, 4.69) is 25.7 Å². The zero-order valence-electron chi connectivity index (χ0n) is 13.9. The molecule has 0 aromatic carbocycles. The molecule has 0 saturated carbocycles. The van der Waals surface area contributed by atoms with Crippen molar-refractivity contribution in [3.63, 3.8) is 0 Å². The summed E-state index contributed by atoms with van der Waals surface area (Å²) >= 11 is 1.02. The molecule has 0 amide bonds. The van der Waals surface area contributed by atoms with Crippen molar-refractivity contribution in [3.05, 3.63) is 34.5 Å². The van der Waals surface area contributed by atoms with Gasteiger partial charge < -0.3 is 10.6 Å². The van der Waals surface area contributed by atoms with Crippen LogP contribution in [-0.4, -0.2) is 40.4 Å².